The molecule has 26 heavy (non-hydrogen) atoms. The lowest BCUT2D eigenvalue weighted by Crippen LogP contribution is -2.29. The Morgan fingerprint density at radius 1 is 1.12 bits per heavy atom. The van der Waals surface area contributed by atoms with Crippen molar-refractivity contribution in [2.75, 3.05) is 11.4 Å². The van der Waals surface area contributed by atoms with Crippen molar-refractivity contribution in [1.29, 1.82) is 0 Å². The standard InChI is InChI=1S/C20H21N3O3/c1-2-6-17(14-7-4-3-5-8-14)21-19(25)15-9-11-16(12-10-15)23-13-18(24)22-20(23)26/h3-5,7-12,17H,2,6,13H2,1H3,(H,21,25)(H,22,24,26)/t17-/m1/s1. The number of amides is 4. The van der Waals surface area contributed by atoms with Gasteiger partial charge in [0.05, 0.1) is 6.04 Å². The van der Waals surface area contributed by atoms with Gasteiger partial charge in [0.2, 0.25) is 5.91 Å². The van der Waals surface area contributed by atoms with Gasteiger partial charge in [0.1, 0.15) is 6.54 Å². The SMILES string of the molecule is CCC[C@@H](NC(=O)c1ccc(N2CC(=O)NC2=O)cc1)c1ccccc1. The lowest BCUT2D eigenvalue weighted by Gasteiger charge is -2.19. The van der Waals surface area contributed by atoms with Crippen LogP contribution in [0.4, 0.5) is 10.5 Å². The van der Waals surface area contributed by atoms with E-state index in [1.165, 1.54) is 4.90 Å². The fourth-order valence-corrected chi connectivity index (χ4v) is 2.98. The molecule has 3 rings (SSSR count). The molecule has 0 bridgehead atoms. The van der Waals surface area contributed by atoms with Crippen LogP contribution in [-0.2, 0) is 4.79 Å². The van der Waals surface area contributed by atoms with Crippen LogP contribution in [-0.4, -0.2) is 24.4 Å². The van der Waals surface area contributed by atoms with Crippen LogP contribution in [0.3, 0.4) is 0 Å². The highest BCUT2D eigenvalue weighted by atomic mass is 16.2. The van der Waals surface area contributed by atoms with Gasteiger partial charge in [0.15, 0.2) is 0 Å². The topological polar surface area (TPSA) is 78.5 Å². The van der Waals surface area contributed by atoms with Gasteiger partial charge >= 0.3 is 6.03 Å². The smallest absolute Gasteiger partial charge is 0.329 e. The number of hydrogen-bond acceptors (Lipinski definition) is 3. The maximum absolute atomic E-state index is 12.6. The second-order valence-electron chi connectivity index (χ2n) is 6.21. The maximum atomic E-state index is 12.6. The number of nitrogens with zero attached hydrogens (tertiary/aromatic N) is 1. The molecule has 1 fully saturated rings. The van der Waals surface area contributed by atoms with Crippen molar-refractivity contribution >= 4 is 23.5 Å². The summed E-state index contributed by atoms with van der Waals surface area (Å²) in [5, 5.41) is 5.30. The van der Waals surface area contributed by atoms with Crippen molar-refractivity contribution in [2.24, 2.45) is 0 Å². The number of anilines is 1. The van der Waals surface area contributed by atoms with Crippen molar-refractivity contribution in [3.63, 3.8) is 0 Å². The minimum atomic E-state index is -0.445. The van der Waals surface area contributed by atoms with Crippen LogP contribution in [0, 0.1) is 0 Å². The van der Waals surface area contributed by atoms with Crippen LogP contribution in [0.5, 0.6) is 0 Å². The first kappa shape index (κ1) is 17.7. The normalized spacial score (nSPS) is 14.9. The van der Waals surface area contributed by atoms with Gasteiger partial charge in [-0.2, -0.15) is 0 Å². The minimum Gasteiger partial charge on any atom is -0.345 e. The monoisotopic (exact) mass is 351 g/mol. The number of hydrogen-bond donors (Lipinski definition) is 2. The molecule has 6 nitrogen and oxygen atoms in total. The zero-order valence-corrected chi connectivity index (χ0v) is 14.6. The van der Waals surface area contributed by atoms with Crippen LogP contribution in [0.15, 0.2) is 54.6 Å². The van der Waals surface area contributed by atoms with E-state index in [1.54, 1.807) is 24.3 Å². The zero-order valence-electron chi connectivity index (χ0n) is 14.6. The van der Waals surface area contributed by atoms with Gasteiger partial charge in [-0.3, -0.25) is 19.8 Å². The summed E-state index contributed by atoms with van der Waals surface area (Å²) in [6, 6.07) is 16.1. The van der Waals surface area contributed by atoms with Crippen molar-refractivity contribution in [3.8, 4) is 0 Å². The van der Waals surface area contributed by atoms with Gasteiger partial charge in [-0.25, -0.2) is 4.79 Å². The number of nitrogens with one attached hydrogen (secondary N) is 2. The molecular formula is C20H21N3O3. The van der Waals surface area contributed by atoms with E-state index in [2.05, 4.69) is 17.6 Å². The summed E-state index contributed by atoms with van der Waals surface area (Å²) in [6.45, 7) is 2.08. The van der Waals surface area contributed by atoms with Crippen molar-refractivity contribution < 1.29 is 14.4 Å². The van der Waals surface area contributed by atoms with E-state index in [0.717, 1.165) is 18.4 Å². The molecule has 2 aromatic rings. The van der Waals surface area contributed by atoms with E-state index >= 15 is 0 Å². The molecule has 134 valence electrons. The molecular weight excluding hydrogens is 330 g/mol. The maximum Gasteiger partial charge on any atom is 0.329 e. The summed E-state index contributed by atoms with van der Waals surface area (Å²) in [7, 11) is 0. The molecule has 4 amide bonds. The van der Waals surface area contributed by atoms with Gasteiger partial charge in [0, 0.05) is 11.3 Å². The number of imide groups is 1. The molecule has 0 radical (unpaired) electrons. The third-order valence-corrected chi connectivity index (χ3v) is 4.32. The highest BCUT2D eigenvalue weighted by molar-refractivity contribution is 6.12. The molecule has 0 aromatic heterocycles. The van der Waals surface area contributed by atoms with Gasteiger partial charge in [-0.1, -0.05) is 43.7 Å². The summed E-state index contributed by atoms with van der Waals surface area (Å²) in [5.74, 6) is -0.497. The molecule has 1 aliphatic rings. The Kier molecular flexibility index (Phi) is 5.31. The molecule has 0 spiro atoms. The second kappa shape index (κ2) is 7.82. The molecule has 0 unspecified atom stereocenters. The summed E-state index contributed by atoms with van der Waals surface area (Å²) in [5.41, 5.74) is 2.17. The first-order chi connectivity index (χ1) is 12.6. The van der Waals surface area contributed by atoms with Crippen LogP contribution in [0.25, 0.3) is 0 Å². The molecule has 2 N–H and O–H groups in total. The van der Waals surface area contributed by atoms with Gasteiger partial charge in [0.25, 0.3) is 5.91 Å². The number of benzene rings is 2. The Hall–Kier alpha value is -3.15. The van der Waals surface area contributed by atoms with Gasteiger partial charge in [-0.05, 0) is 36.2 Å². The fraction of sp³-hybridized carbons (Fsp3) is 0.250. The molecule has 1 atom stereocenters. The molecule has 1 aliphatic heterocycles. The van der Waals surface area contributed by atoms with Crippen LogP contribution in [0.2, 0.25) is 0 Å². The summed E-state index contributed by atoms with van der Waals surface area (Å²) in [6.07, 6.45) is 1.81. The largest absolute Gasteiger partial charge is 0.345 e. The van der Waals surface area contributed by atoms with E-state index in [-0.39, 0.29) is 24.4 Å². The van der Waals surface area contributed by atoms with E-state index in [9.17, 15) is 14.4 Å². The van der Waals surface area contributed by atoms with Crippen molar-refractivity contribution in [3.05, 3.63) is 65.7 Å². The summed E-state index contributed by atoms with van der Waals surface area (Å²) < 4.78 is 0. The second-order valence-corrected chi connectivity index (χ2v) is 6.21. The third kappa shape index (κ3) is 3.91. The average Bonchev–Trinajstić information content (AvgIpc) is 3.00. The predicted octanol–water partition coefficient (Wildman–Crippen LogP) is 3.01. The van der Waals surface area contributed by atoms with Crippen molar-refractivity contribution in [1.82, 2.24) is 10.6 Å². The number of carbonyl (C=O) groups is 3. The van der Waals surface area contributed by atoms with Gasteiger partial charge < -0.3 is 5.32 Å². The molecule has 2 aromatic carbocycles. The number of rotatable bonds is 6. The highest BCUT2D eigenvalue weighted by Gasteiger charge is 2.28. The third-order valence-electron chi connectivity index (χ3n) is 4.32. The predicted molar refractivity (Wildman–Crippen MR) is 98.9 cm³/mol. The quantitative estimate of drug-likeness (QED) is 0.785. The molecule has 0 aliphatic carbocycles. The molecule has 0 saturated carbocycles. The Labute approximate surface area is 152 Å². The number of urea groups is 1. The number of carbonyl (C=O) groups excluding carboxylic acids is 3. The lowest BCUT2D eigenvalue weighted by atomic mass is 10.0. The van der Waals surface area contributed by atoms with Crippen LogP contribution >= 0.6 is 0 Å². The minimum absolute atomic E-state index is 0.00302. The molecule has 1 saturated heterocycles. The Bertz CT molecular complexity index is 803. The Morgan fingerprint density at radius 2 is 1.81 bits per heavy atom. The van der Waals surface area contributed by atoms with E-state index in [4.69, 9.17) is 0 Å². The first-order valence-corrected chi connectivity index (χ1v) is 8.65. The van der Waals surface area contributed by atoms with Crippen LogP contribution in [0.1, 0.15) is 41.7 Å². The Morgan fingerprint density at radius 3 is 2.38 bits per heavy atom. The van der Waals surface area contributed by atoms with Gasteiger partial charge in [-0.15, -0.1) is 0 Å². The Balaban J connectivity index is 1.71. The van der Waals surface area contributed by atoms with Crippen molar-refractivity contribution in [2.45, 2.75) is 25.8 Å². The molecule has 1 heterocycles. The average molecular weight is 351 g/mol. The highest BCUT2D eigenvalue weighted by Crippen LogP contribution is 2.21. The fourth-order valence-electron chi connectivity index (χ4n) is 2.98. The van der Waals surface area contributed by atoms with Crippen LogP contribution < -0.4 is 15.5 Å². The zero-order chi connectivity index (χ0) is 18.5. The van der Waals surface area contributed by atoms with E-state index in [1.807, 2.05) is 30.3 Å². The van der Waals surface area contributed by atoms with E-state index in [0.29, 0.717) is 11.3 Å². The molecule has 6 heteroatoms. The summed E-state index contributed by atoms with van der Waals surface area (Å²) >= 11 is 0. The lowest BCUT2D eigenvalue weighted by molar-refractivity contribution is -0.117. The van der Waals surface area contributed by atoms with E-state index < -0.39 is 6.03 Å². The summed E-state index contributed by atoms with van der Waals surface area (Å²) in [4.78, 5) is 36.9. The first-order valence-electron chi connectivity index (χ1n) is 8.65.